The van der Waals surface area contributed by atoms with E-state index in [-0.39, 0.29) is 17.9 Å². The van der Waals surface area contributed by atoms with Gasteiger partial charge >= 0.3 is 17.9 Å². The summed E-state index contributed by atoms with van der Waals surface area (Å²) < 4.78 is 14.6. The van der Waals surface area contributed by atoms with E-state index in [4.69, 9.17) is 14.2 Å². The van der Waals surface area contributed by atoms with Crippen LogP contribution in [0.5, 0.6) is 0 Å². The topological polar surface area (TPSA) is 90.9 Å². The molecule has 2 aliphatic rings. The van der Waals surface area contributed by atoms with Crippen molar-refractivity contribution >= 4 is 17.9 Å². The van der Waals surface area contributed by atoms with Gasteiger partial charge < -0.3 is 19.5 Å². The van der Waals surface area contributed by atoms with Gasteiger partial charge in [0.1, 0.15) is 11.7 Å². The fourth-order valence-electron chi connectivity index (χ4n) is 3.00. The Morgan fingerprint density at radius 2 is 1.74 bits per heavy atom. The molecule has 23 heavy (non-hydrogen) atoms. The Kier molecular flexibility index (Phi) is 5.41. The normalized spacial score (nSPS) is 20.4. The number of hydrogen-bond acceptors (Lipinski definition) is 7. The number of hydrogen-bond donors (Lipinski definition) is 1. The van der Waals surface area contributed by atoms with Gasteiger partial charge in [-0.2, -0.15) is 0 Å². The molecule has 1 aliphatic heterocycles. The van der Waals surface area contributed by atoms with Crippen molar-refractivity contribution in [2.75, 3.05) is 20.8 Å². The maximum atomic E-state index is 12.2. The summed E-state index contributed by atoms with van der Waals surface area (Å²) in [6, 6.07) is -0.771. The van der Waals surface area contributed by atoms with Gasteiger partial charge in [-0.05, 0) is 43.8 Å². The van der Waals surface area contributed by atoms with Crippen molar-refractivity contribution in [3.63, 3.8) is 0 Å². The summed E-state index contributed by atoms with van der Waals surface area (Å²) in [7, 11) is 2.47. The van der Waals surface area contributed by atoms with Gasteiger partial charge in [0.2, 0.25) is 0 Å². The monoisotopic (exact) mass is 323 g/mol. The highest BCUT2D eigenvalue weighted by Gasteiger charge is 2.40. The van der Waals surface area contributed by atoms with E-state index in [0.717, 1.165) is 18.4 Å². The average molecular weight is 323 g/mol. The van der Waals surface area contributed by atoms with E-state index in [1.165, 1.54) is 14.2 Å². The fraction of sp³-hybridized carbons (Fsp3) is 0.562. The number of carbonyl (C=O) groups is 3. The molecule has 1 heterocycles. The number of nitrogens with one attached hydrogen (secondary N) is 1. The summed E-state index contributed by atoms with van der Waals surface area (Å²) in [5.41, 5.74) is 1.61. The first-order chi connectivity index (χ1) is 11.0. The smallest absolute Gasteiger partial charge is 0.355 e. The molecule has 2 rings (SSSR count). The van der Waals surface area contributed by atoms with E-state index in [2.05, 4.69) is 5.32 Å². The molecule has 1 N–H and O–H groups in total. The highest BCUT2D eigenvalue weighted by atomic mass is 16.5. The molecular formula is C16H21NO6. The summed E-state index contributed by atoms with van der Waals surface area (Å²) in [6.07, 6.45) is 3.07. The predicted octanol–water partition coefficient (Wildman–Crippen LogP) is 0.992. The summed E-state index contributed by atoms with van der Waals surface area (Å²) in [4.78, 5) is 36.5. The standard InChI is InChI=1S/C16H21NO6/c1-4-23-16(20)12-10-8-6-5-7-9(10)11(14(18)21-2)13(17-12)15(19)22-3/h12,17H,4-8H2,1-3H3. The Morgan fingerprint density at radius 1 is 1.09 bits per heavy atom. The van der Waals surface area contributed by atoms with Gasteiger partial charge in [0, 0.05) is 0 Å². The highest BCUT2D eigenvalue weighted by molar-refractivity contribution is 6.05. The van der Waals surface area contributed by atoms with Crippen LogP contribution in [0.2, 0.25) is 0 Å². The minimum absolute atomic E-state index is 0.0435. The first-order valence-electron chi connectivity index (χ1n) is 7.61. The number of carbonyl (C=O) groups excluding carboxylic acids is 3. The van der Waals surface area contributed by atoms with Crippen LogP contribution in [0.4, 0.5) is 0 Å². The molecule has 0 aromatic rings. The molecule has 0 fully saturated rings. The van der Waals surface area contributed by atoms with E-state index < -0.39 is 23.9 Å². The molecule has 7 heteroatoms. The van der Waals surface area contributed by atoms with Crippen molar-refractivity contribution < 1.29 is 28.6 Å². The van der Waals surface area contributed by atoms with Crippen LogP contribution < -0.4 is 5.32 Å². The van der Waals surface area contributed by atoms with Crippen molar-refractivity contribution in [3.05, 3.63) is 22.4 Å². The van der Waals surface area contributed by atoms with Gasteiger partial charge in [-0.1, -0.05) is 0 Å². The third-order valence-electron chi connectivity index (χ3n) is 4.00. The molecule has 126 valence electrons. The van der Waals surface area contributed by atoms with E-state index in [1.807, 2.05) is 0 Å². The second-order valence-electron chi connectivity index (χ2n) is 5.27. The van der Waals surface area contributed by atoms with E-state index >= 15 is 0 Å². The molecule has 0 amide bonds. The van der Waals surface area contributed by atoms with Gasteiger partial charge in [0.15, 0.2) is 0 Å². The lowest BCUT2D eigenvalue weighted by molar-refractivity contribution is -0.145. The maximum absolute atomic E-state index is 12.2. The van der Waals surface area contributed by atoms with Crippen LogP contribution in [-0.4, -0.2) is 44.8 Å². The van der Waals surface area contributed by atoms with Crippen molar-refractivity contribution in [2.24, 2.45) is 0 Å². The summed E-state index contributed by atoms with van der Waals surface area (Å²) in [5, 5.41) is 2.83. The number of rotatable bonds is 4. The maximum Gasteiger partial charge on any atom is 0.355 e. The number of dihydropyridines is 1. The first-order valence-corrected chi connectivity index (χ1v) is 7.61. The van der Waals surface area contributed by atoms with E-state index in [0.29, 0.717) is 18.4 Å². The lowest BCUT2D eigenvalue weighted by atomic mass is 9.80. The molecule has 1 unspecified atom stereocenters. The molecule has 7 nitrogen and oxygen atoms in total. The quantitative estimate of drug-likeness (QED) is 0.609. The Balaban J connectivity index is 2.55. The molecule has 0 bridgehead atoms. The van der Waals surface area contributed by atoms with Gasteiger partial charge in [0.05, 0.1) is 26.4 Å². The molecule has 0 radical (unpaired) electrons. The van der Waals surface area contributed by atoms with Crippen molar-refractivity contribution in [3.8, 4) is 0 Å². The zero-order valence-electron chi connectivity index (χ0n) is 13.6. The van der Waals surface area contributed by atoms with Gasteiger partial charge in [-0.25, -0.2) is 14.4 Å². The average Bonchev–Trinajstić information content (AvgIpc) is 2.59. The zero-order chi connectivity index (χ0) is 17.0. The van der Waals surface area contributed by atoms with Crippen LogP contribution in [0.3, 0.4) is 0 Å². The largest absolute Gasteiger partial charge is 0.465 e. The summed E-state index contributed by atoms with van der Waals surface area (Å²) >= 11 is 0. The SMILES string of the molecule is CCOC(=O)C1NC(C(=O)OC)=C(C(=O)OC)C2=C1CCCC2. The molecular weight excluding hydrogens is 302 g/mol. The molecule has 0 saturated heterocycles. The van der Waals surface area contributed by atoms with E-state index in [1.54, 1.807) is 6.92 Å². The van der Waals surface area contributed by atoms with Crippen molar-refractivity contribution in [1.82, 2.24) is 5.32 Å². The van der Waals surface area contributed by atoms with Gasteiger partial charge in [-0.15, -0.1) is 0 Å². The van der Waals surface area contributed by atoms with Gasteiger partial charge in [-0.3, -0.25) is 0 Å². The molecule has 0 saturated carbocycles. The van der Waals surface area contributed by atoms with Crippen molar-refractivity contribution in [2.45, 2.75) is 38.6 Å². The predicted molar refractivity (Wildman–Crippen MR) is 80.1 cm³/mol. The number of methoxy groups -OCH3 is 2. The minimum atomic E-state index is -0.771. The second kappa shape index (κ2) is 7.30. The minimum Gasteiger partial charge on any atom is -0.465 e. The second-order valence-corrected chi connectivity index (χ2v) is 5.27. The van der Waals surface area contributed by atoms with Gasteiger partial charge in [0.25, 0.3) is 0 Å². The number of esters is 3. The summed E-state index contributed by atoms with van der Waals surface area (Å²) in [5.74, 6) is -1.79. The Bertz CT molecular complexity index is 589. The first kappa shape index (κ1) is 17.1. The van der Waals surface area contributed by atoms with Crippen LogP contribution in [-0.2, 0) is 28.6 Å². The molecule has 0 spiro atoms. The lowest BCUT2D eigenvalue weighted by Crippen LogP contribution is -2.46. The lowest BCUT2D eigenvalue weighted by Gasteiger charge is -2.33. The van der Waals surface area contributed by atoms with Crippen LogP contribution in [0.15, 0.2) is 22.4 Å². The third-order valence-corrected chi connectivity index (χ3v) is 4.00. The zero-order valence-corrected chi connectivity index (χ0v) is 13.6. The fourth-order valence-corrected chi connectivity index (χ4v) is 3.00. The molecule has 0 aromatic heterocycles. The number of ether oxygens (including phenoxy) is 3. The van der Waals surface area contributed by atoms with Crippen LogP contribution >= 0.6 is 0 Å². The molecule has 1 aliphatic carbocycles. The molecule has 0 aromatic carbocycles. The van der Waals surface area contributed by atoms with Crippen LogP contribution in [0.1, 0.15) is 32.6 Å². The Hall–Kier alpha value is -2.31. The van der Waals surface area contributed by atoms with E-state index in [9.17, 15) is 14.4 Å². The van der Waals surface area contributed by atoms with Crippen LogP contribution in [0.25, 0.3) is 0 Å². The Morgan fingerprint density at radius 3 is 2.35 bits per heavy atom. The van der Waals surface area contributed by atoms with Crippen molar-refractivity contribution in [1.29, 1.82) is 0 Å². The molecule has 1 atom stereocenters. The Labute approximate surface area is 134 Å². The third kappa shape index (κ3) is 3.23. The summed E-state index contributed by atoms with van der Waals surface area (Å²) in [6.45, 7) is 1.95. The van der Waals surface area contributed by atoms with Crippen LogP contribution in [0, 0.1) is 0 Å². The highest BCUT2D eigenvalue weighted by Crippen LogP contribution is 2.37.